The number of halogens is 1. The molecule has 3 aromatic rings. The molecular weight excluding hydrogens is 200 g/mol. The highest BCUT2D eigenvalue weighted by Crippen LogP contribution is 2.19. The maximum Gasteiger partial charge on any atom is 0.164 e. The lowest BCUT2D eigenvalue weighted by molar-refractivity contribution is 1.14. The van der Waals surface area contributed by atoms with Crippen LogP contribution in [0.4, 0.5) is 0 Å². The molecule has 0 radical (unpaired) electrons. The molecule has 3 heterocycles. The van der Waals surface area contributed by atoms with Gasteiger partial charge in [0.2, 0.25) is 0 Å². The smallest absolute Gasteiger partial charge is 0.164 e. The average Bonchev–Trinajstić information content (AvgIpc) is 2.67. The van der Waals surface area contributed by atoms with Crippen molar-refractivity contribution >= 4 is 28.3 Å². The molecule has 68 valence electrons. The molecule has 0 saturated carbocycles. The summed E-state index contributed by atoms with van der Waals surface area (Å²) in [6.07, 6.45) is 5.07. The normalized spacial score (nSPS) is 11.2. The van der Waals surface area contributed by atoms with E-state index in [2.05, 4.69) is 15.0 Å². The van der Waals surface area contributed by atoms with Crippen molar-refractivity contribution in [3.63, 3.8) is 0 Å². The zero-order valence-corrected chi connectivity index (χ0v) is 7.81. The van der Waals surface area contributed by atoms with Crippen molar-refractivity contribution in [3.05, 3.63) is 36.0 Å². The van der Waals surface area contributed by atoms with Crippen LogP contribution in [0.5, 0.6) is 0 Å². The van der Waals surface area contributed by atoms with E-state index in [9.17, 15) is 0 Å². The van der Waals surface area contributed by atoms with E-state index in [0.717, 1.165) is 16.7 Å². The van der Waals surface area contributed by atoms with Gasteiger partial charge in [0, 0.05) is 6.20 Å². The fourth-order valence-electron chi connectivity index (χ4n) is 1.44. The third-order valence-electron chi connectivity index (χ3n) is 2.06. The van der Waals surface area contributed by atoms with Crippen LogP contribution >= 0.6 is 11.6 Å². The largest absolute Gasteiger partial charge is 0.279 e. The Morgan fingerprint density at radius 3 is 3.21 bits per heavy atom. The van der Waals surface area contributed by atoms with Gasteiger partial charge in [-0.15, -0.1) is 0 Å². The molecule has 4 nitrogen and oxygen atoms in total. The summed E-state index contributed by atoms with van der Waals surface area (Å²) >= 11 is 5.98. The number of rotatable bonds is 0. The molecule has 0 aliphatic rings. The molecule has 0 amide bonds. The number of imidazole rings is 1. The number of fused-ring (bicyclic) bond motifs is 3. The first-order valence-corrected chi connectivity index (χ1v) is 4.46. The maximum absolute atomic E-state index is 5.98. The fourth-order valence-corrected chi connectivity index (χ4v) is 1.67. The summed E-state index contributed by atoms with van der Waals surface area (Å²) in [4.78, 5) is 12.5. The molecular formula is C9H5ClN4. The van der Waals surface area contributed by atoms with E-state index in [1.165, 1.54) is 0 Å². The number of pyridine rings is 1. The monoisotopic (exact) mass is 204 g/mol. The molecule has 3 rings (SSSR count). The first kappa shape index (κ1) is 7.70. The second-order valence-electron chi connectivity index (χ2n) is 2.90. The van der Waals surface area contributed by atoms with Gasteiger partial charge in [-0.1, -0.05) is 11.6 Å². The molecule has 3 aromatic heterocycles. The van der Waals surface area contributed by atoms with Crippen LogP contribution in [0.15, 0.2) is 30.9 Å². The Bertz CT molecular complexity index is 616. The Balaban J connectivity index is 2.66. The second-order valence-corrected chi connectivity index (χ2v) is 3.26. The van der Waals surface area contributed by atoms with Crippen molar-refractivity contribution in [1.82, 2.24) is 19.4 Å². The minimum atomic E-state index is 0.447. The second kappa shape index (κ2) is 2.65. The highest BCUT2D eigenvalue weighted by molar-refractivity contribution is 6.32. The fraction of sp³-hybridized carbons (Fsp3) is 0. The summed E-state index contributed by atoms with van der Waals surface area (Å²) in [6, 6.07) is 3.70. The topological polar surface area (TPSA) is 43.1 Å². The number of hydrogen-bond acceptors (Lipinski definition) is 3. The zero-order chi connectivity index (χ0) is 9.54. The van der Waals surface area contributed by atoms with E-state index < -0.39 is 0 Å². The lowest BCUT2D eigenvalue weighted by Gasteiger charge is -2.00. The Morgan fingerprint density at radius 1 is 1.36 bits per heavy atom. The van der Waals surface area contributed by atoms with Gasteiger partial charge in [0.25, 0.3) is 0 Å². The third-order valence-corrected chi connectivity index (χ3v) is 2.34. The Hall–Kier alpha value is -1.68. The van der Waals surface area contributed by atoms with E-state index >= 15 is 0 Å². The van der Waals surface area contributed by atoms with Crippen LogP contribution in [0.25, 0.3) is 16.7 Å². The molecule has 0 N–H and O–H groups in total. The van der Waals surface area contributed by atoms with Crippen LogP contribution in [0, 0.1) is 0 Å². The molecule has 0 unspecified atom stereocenters. The molecule has 0 saturated heterocycles. The van der Waals surface area contributed by atoms with Gasteiger partial charge in [0.15, 0.2) is 10.8 Å². The van der Waals surface area contributed by atoms with Crippen molar-refractivity contribution in [2.75, 3.05) is 0 Å². The highest BCUT2D eigenvalue weighted by atomic mass is 35.5. The predicted octanol–water partition coefficient (Wildman–Crippen LogP) is 1.93. The zero-order valence-electron chi connectivity index (χ0n) is 7.05. The quantitative estimate of drug-likeness (QED) is 0.562. The van der Waals surface area contributed by atoms with Gasteiger partial charge in [-0.3, -0.25) is 4.40 Å². The molecule has 0 atom stereocenters. The molecule has 0 spiro atoms. The van der Waals surface area contributed by atoms with E-state index in [4.69, 9.17) is 11.6 Å². The van der Waals surface area contributed by atoms with E-state index in [1.807, 2.05) is 16.5 Å². The minimum Gasteiger partial charge on any atom is -0.279 e. The van der Waals surface area contributed by atoms with Gasteiger partial charge >= 0.3 is 0 Å². The predicted molar refractivity (Wildman–Crippen MR) is 53.3 cm³/mol. The van der Waals surface area contributed by atoms with Crippen molar-refractivity contribution < 1.29 is 0 Å². The van der Waals surface area contributed by atoms with E-state index in [-0.39, 0.29) is 0 Å². The van der Waals surface area contributed by atoms with Gasteiger partial charge in [-0.2, -0.15) is 0 Å². The molecule has 0 aromatic carbocycles. The summed E-state index contributed by atoms with van der Waals surface area (Å²) < 4.78 is 1.82. The van der Waals surface area contributed by atoms with Gasteiger partial charge in [-0.25, -0.2) is 15.0 Å². The Labute approximate surface area is 84.2 Å². The third kappa shape index (κ3) is 0.914. The van der Waals surface area contributed by atoms with Crippen LogP contribution in [-0.4, -0.2) is 19.4 Å². The molecule has 0 aliphatic carbocycles. The van der Waals surface area contributed by atoms with E-state index in [0.29, 0.717) is 5.15 Å². The highest BCUT2D eigenvalue weighted by Gasteiger charge is 2.06. The summed E-state index contributed by atoms with van der Waals surface area (Å²) in [5, 5.41) is 0.447. The summed E-state index contributed by atoms with van der Waals surface area (Å²) in [5.74, 6) is 0. The first-order valence-electron chi connectivity index (χ1n) is 4.08. The first-order chi connectivity index (χ1) is 6.86. The summed E-state index contributed by atoms with van der Waals surface area (Å²) in [6.45, 7) is 0. The molecule has 0 fully saturated rings. The van der Waals surface area contributed by atoms with Gasteiger partial charge in [0.05, 0.1) is 6.20 Å². The SMILES string of the molecule is Clc1nc2cccnc2n2cncc12. The number of nitrogens with zero attached hydrogens (tertiary/aromatic N) is 4. The Kier molecular flexibility index (Phi) is 1.46. The van der Waals surface area contributed by atoms with Crippen molar-refractivity contribution in [2.24, 2.45) is 0 Å². The molecule has 0 bridgehead atoms. The van der Waals surface area contributed by atoms with Gasteiger partial charge in [-0.05, 0) is 12.1 Å². The Morgan fingerprint density at radius 2 is 2.29 bits per heavy atom. The van der Waals surface area contributed by atoms with Crippen LogP contribution < -0.4 is 0 Å². The van der Waals surface area contributed by atoms with Crippen LogP contribution in [0.3, 0.4) is 0 Å². The number of aromatic nitrogens is 4. The minimum absolute atomic E-state index is 0.447. The van der Waals surface area contributed by atoms with Crippen LogP contribution in [-0.2, 0) is 0 Å². The van der Waals surface area contributed by atoms with E-state index in [1.54, 1.807) is 18.7 Å². The molecule has 5 heteroatoms. The van der Waals surface area contributed by atoms with Crippen LogP contribution in [0.1, 0.15) is 0 Å². The van der Waals surface area contributed by atoms with Gasteiger partial charge < -0.3 is 0 Å². The van der Waals surface area contributed by atoms with Crippen molar-refractivity contribution in [1.29, 1.82) is 0 Å². The standard InChI is InChI=1S/C9H5ClN4/c10-8-7-4-11-5-14(7)9-6(13-8)2-1-3-12-9/h1-5H. The maximum atomic E-state index is 5.98. The average molecular weight is 205 g/mol. The molecule has 0 aliphatic heterocycles. The number of hydrogen-bond donors (Lipinski definition) is 0. The lowest BCUT2D eigenvalue weighted by atomic mass is 10.4. The molecule has 14 heavy (non-hydrogen) atoms. The van der Waals surface area contributed by atoms with Crippen molar-refractivity contribution in [2.45, 2.75) is 0 Å². The lowest BCUT2D eigenvalue weighted by Crippen LogP contribution is -1.92. The summed E-state index contributed by atoms with van der Waals surface area (Å²) in [7, 11) is 0. The summed E-state index contributed by atoms with van der Waals surface area (Å²) in [5.41, 5.74) is 2.31. The van der Waals surface area contributed by atoms with Gasteiger partial charge in [0.1, 0.15) is 17.4 Å². The van der Waals surface area contributed by atoms with Crippen LogP contribution in [0.2, 0.25) is 5.15 Å². The van der Waals surface area contributed by atoms with Crippen molar-refractivity contribution in [3.8, 4) is 0 Å².